The highest BCUT2D eigenvalue weighted by atomic mass is 35.5. The largest absolute Gasteiger partial charge is 0.354 e. The highest BCUT2D eigenvalue weighted by molar-refractivity contribution is 7.98. The Hall–Kier alpha value is -1.46. The molecule has 1 N–H and O–H groups in total. The van der Waals surface area contributed by atoms with Gasteiger partial charge in [0.2, 0.25) is 0 Å². The summed E-state index contributed by atoms with van der Waals surface area (Å²) in [5.74, 6) is -0.196. The van der Waals surface area contributed by atoms with Gasteiger partial charge in [-0.25, -0.2) is 4.68 Å². The smallest absolute Gasteiger partial charge is 0.271 e. The number of nitrogens with zero attached hydrogens (tertiary/aromatic N) is 2. The Morgan fingerprint density at radius 1 is 1.39 bits per heavy atom. The van der Waals surface area contributed by atoms with E-state index in [0.29, 0.717) is 10.7 Å². The van der Waals surface area contributed by atoms with E-state index in [-0.39, 0.29) is 5.91 Å². The fourth-order valence-corrected chi connectivity index (χ4v) is 2.19. The molecule has 0 aliphatic rings. The number of hydrogen-bond acceptors (Lipinski definition) is 3. The highest BCUT2D eigenvalue weighted by Gasteiger charge is 2.13. The summed E-state index contributed by atoms with van der Waals surface area (Å²) in [4.78, 5) is 11.6. The first-order valence-corrected chi connectivity index (χ1v) is 6.88. The summed E-state index contributed by atoms with van der Waals surface area (Å²) in [6.07, 6.45) is 1.94. The van der Waals surface area contributed by atoms with Crippen molar-refractivity contribution >= 4 is 29.3 Å². The Bertz CT molecular complexity index is 565. The lowest BCUT2D eigenvalue weighted by Gasteiger charge is -2.04. The molecule has 94 valence electrons. The van der Waals surface area contributed by atoms with Gasteiger partial charge in [0.15, 0.2) is 5.69 Å². The van der Waals surface area contributed by atoms with Gasteiger partial charge in [-0.15, -0.1) is 11.8 Å². The first-order valence-electron chi connectivity index (χ1n) is 5.28. The van der Waals surface area contributed by atoms with Crippen LogP contribution in [0.5, 0.6) is 0 Å². The second-order valence-electron chi connectivity index (χ2n) is 3.54. The van der Waals surface area contributed by atoms with Crippen molar-refractivity contribution in [2.45, 2.75) is 5.03 Å². The molecule has 0 fully saturated rings. The van der Waals surface area contributed by atoms with Gasteiger partial charge in [-0.3, -0.25) is 4.79 Å². The van der Waals surface area contributed by atoms with Crippen LogP contribution in [0, 0.1) is 0 Å². The van der Waals surface area contributed by atoms with E-state index in [9.17, 15) is 4.79 Å². The summed E-state index contributed by atoms with van der Waals surface area (Å²) in [6, 6.07) is 9.08. The van der Waals surface area contributed by atoms with Crippen LogP contribution in [0.15, 0.2) is 35.4 Å². The number of rotatable bonds is 3. The number of benzene rings is 1. The average Bonchev–Trinajstić information content (AvgIpc) is 2.83. The number of carbonyl (C=O) groups excluding carboxylic acids is 1. The summed E-state index contributed by atoms with van der Waals surface area (Å²) >= 11 is 7.38. The maximum atomic E-state index is 11.6. The van der Waals surface area contributed by atoms with Gasteiger partial charge in [0, 0.05) is 18.1 Å². The molecule has 0 saturated carbocycles. The number of aromatic nitrogens is 2. The van der Waals surface area contributed by atoms with Gasteiger partial charge in [0.1, 0.15) is 5.03 Å². The summed E-state index contributed by atoms with van der Waals surface area (Å²) in [7, 11) is 1.59. The van der Waals surface area contributed by atoms with Crippen molar-refractivity contribution in [3.63, 3.8) is 0 Å². The second kappa shape index (κ2) is 5.46. The van der Waals surface area contributed by atoms with Crippen LogP contribution >= 0.6 is 23.4 Å². The molecule has 0 unspecified atom stereocenters. The Morgan fingerprint density at radius 2 is 2.06 bits per heavy atom. The average molecular weight is 282 g/mol. The first kappa shape index (κ1) is 13.0. The van der Waals surface area contributed by atoms with Gasteiger partial charge >= 0.3 is 0 Å². The third-order valence-corrected chi connectivity index (χ3v) is 3.38. The van der Waals surface area contributed by atoms with E-state index in [1.165, 1.54) is 11.8 Å². The predicted molar refractivity (Wildman–Crippen MR) is 73.7 cm³/mol. The fraction of sp³-hybridized carbons (Fsp3) is 0.167. The maximum absolute atomic E-state index is 11.6. The SMILES string of the molecule is CNC(=O)c1cc(SC)n(-c2ccc(Cl)cc2)n1. The molecule has 6 heteroatoms. The molecule has 1 aromatic carbocycles. The molecule has 0 aliphatic carbocycles. The molecule has 1 amide bonds. The lowest BCUT2D eigenvalue weighted by molar-refractivity contribution is 0.0957. The van der Waals surface area contributed by atoms with E-state index >= 15 is 0 Å². The van der Waals surface area contributed by atoms with Crippen LogP contribution in [0.2, 0.25) is 5.02 Å². The maximum Gasteiger partial charge on any atom is 0.271 e. The van der Waals surface area contributed by atoms with Crippen molar-refractivity contribution in [1.82, 2.24) is 15.1 Å². The first-order chi connectivity index (χ1) is 8.65. The van der Waals surface area contributed by atoms with Crippen molar-refractivity contribution in [3.8, 4) is 5.69 Å². The Morgan fingerprint density at radius 3 is 2.61 bits per heavy atom. The number of thioether (sulfide) groups is 1. The minimum atomic E-state index is -0.196. The topological polar surface area (TPSA) is 46.9 Å². The van der Waals surface area contributed by atoms with Crippen molar-refractivity contribution in [2.24, 2.45) is 0 Å². The Balaban J connectivity index is 2.46. The van der Waals surface area contributed by atoms with Crippen molar-refractivity contribution < 1.29 is 4.79 Å². The predicted octanol–water partition coefficient (Wildman–Crippen LogP) is 2.61. The van der Waals surface area contributed by atoms with E-state index in [1.54, 1.807) is 29.9 Å². The third-order valence-electron chi connectivity index (χ3n) is 2.42. The van der Waals surface area contributed by atoms with Gasteiger partial charge in [-0.1, -0.05) is 11.6 Å². The zero-order valence-corrected chi connectivity index (χ0v) is 11.5. The molecule has 0 bridgehead atoms. The van der Waals surface area contributed by atoms with Crippen LogP contribution in [-0.4, -0.2) is 29.0 Å². The standard InChI is InChI=1S/C12H12ClN3OS/c1-14-12(17)10-7-11(18-2)16(15-10)9-5-3-8(13)4-6-9/h3-7H,1-2H3,(H,14,17). The van der Waals surface area contributed by atoms with E-state index < -0.39 is 0 Å². The fourth-order valence-electron chi connectivity index (χ4n) is 1.52. The van der Waals surface area contributed by atoms with E-state index in [1.807, 2.05) is 18.4 Å². The van der Waals surface area contributed by atoms with Gasteiger partial charge in [0.25, 0.3) is 5.91 Å². The van der Waals surface area contributed by atoms with Gasteiger partial charge in [-0.05, 0) is 30.5 Å². The Kier molecular flexibility index (Phi) is 3.93. The summed E-state index contributed by atoms with van der Waals surface area (Å²) in [5, 5.41) is 8.42. The van der Waals surface area contributed by atoms with Crippen LogP contribution in [0.25, 0.3) is 5.69 Å². The zero-order valence-electron chi connectivity index (χ0n) is 9.98. The molecule has 4 nitrogen and oxygen atoms in total. The molecule has 18 heavy (non-hydrogen) atoms. The van der Waals surface area contributed by atoms with Crippen LogP contribution in [0.4, 0.5) is 0 Å². The minimum absolute atomic E-state index is 0.196. The number of nitrogens with one attached hydrogen (secondary N) is 1. The quantitative estimate of drug-likeness (QED) is 0.880. The lowest BCUT2D eigenvalue weighted by atomic mass is 10.3. The second-order valence-corrected chi connectivity index (χ2v) is 4.80. The molecular weight excluding hydrogens is 270 g/mol. The van der Waals surface area contributed by atoms with Crippen molar-refractivity contribution in [2.75, 3.05) is 13.3 Å². The molecule has 0 spiro atoms. The normalized spacial score (nSPS) is 10.4. The van der Waals surface area contributed by atoms with Crippen LogP contribution in [-0.2, 0) is 0 Å². The number of carbonyl (C=O) groups is 1. The molecule has 0 atom stereocenters. The monoisotopic (exact) mass is 281 g/mol. The van der Waals surface area contributed by atoms with Gasteiger partial charge < -0.3 is 5.32 Å². The van der Waals surface area contributed by atoms with Crippen molar-refractivity contribution in [3.05, 3.63) is 41.0 Å². The third kappa shape index (κ3) is 2.52. The minimum Gasteiger partial charge on any atom is -0.354 e. The van der Waals surface area contributed by atoms with Crippen molar-refractivity contribution in [1.29, 1.82) is 0 Å². The molecule has 1 heterocycles. The van der Waals surface area contributed by atoms with Gasteiger partial charge in [0.05, 0.1) is 5.69 Å². The molecule has 2 rings (SSSR count). The highest BCUT2D eigenvalue weighted by Crippen LogP contribution is 2.22. The molecule has 0 radical (unpaired) electrons. The van der Waals surface area contributed by atoms with Crippen LogP contribution < -0.4 is 5.32 Å². The molecule has 2 aromatic rings. The van der Waals surface area contributed by atoms with Gasteiger partial charge in [-0.2, -0.15) is 5.10 Å². The number of halogens is 1. The number of amides is 1. The summed E-state index contributed by atoms with van der Waals surface area (Å²) < 4.78 is 1.73. The van der Waals surface area contributed by atoms with Crippen LogP contribution in [0.3, 0.4) is 0 Å². The Labute approximate surface area is 114 Å². The van der Waals surface area contributed by atoms with E-state index in [0.717, 1.165) is 10.7 Å². The van der Waals surface area contributed by atoms with E-state index in [4.69, 9.17) is 11.6 Å². The molecule has 1 aromatic heterocycles. The lowest BCUT2D eigenvalue weighted by Crippen LogP contribution is -2.18. The number of hydrogen-bond donors (Lipinski definition) is 1. The summed E-state index contributed by atoms with van der Waals surface area (Å²) in [6.45, 7) is 0. The molecular formula is C12H12ClN3OS. The zero-order chi connectivity index (χ0) is 13.1. The molecule has 0 aliphatic heterocycles. The van der Waals surface area contributed by atoms with E-state index in [2.05, 4.69) is 10.4 Å². The van der Waals surface area contributed by atoms with Crippen LogP contribution in [0.1, 0.15) is 10.5 Å². The summed E-state index contributed by atoms with van der Waals surface area (Å²) in [5.41, 5.74) is 1.27. The molecule has 0 saturated heterocycles.